The molecule has 9 heteroatoms. The van der Waals surface area contributed by atoms with E-state index in [1.54, 1.807) is 30.3 Å². The minimum atomic E-state index is -0.297. The van der Waals surface area contributed by atoms with Crippen molar-refractivity contribution in [2.45, 2.75) is 12.8 Å². The van der Waals surface area contributed by atoms with E-state index in [1.807, 2.05) is 48.5 Å². The van der Waals surface area contributed by atoms with Gasteiger partial charge in [0.15, 0.2) is 0 Å². The number of aromatic nitrogens is 1. The fourth-order valence-electron chi connectivity index (χ4n) is 5.31. The lowest BCUT2D eigenvalue weighted by Crippen LogP contribution is -2.45. The Morgan fingerprint density at radius 3 is 2.42 bits per heavy atom. The summed E-state index contributed by atoms with van der Waals surface area (Å²) >= 11 is 0. The normalized spacial score (nSPS) is 17.8. The molecule has 1 aromatic heterocycles. The summed E-state index contributed by atoms with van der Waals surface area (Å²) in [5.41, 5.74) is 4.61. The lowest BCUT2D eigenvalue weighted by atomic mass is 9.96. The molecule has 3 aromatic rings. The van der Waals surface area contributed by atoms with Gasteiger partial charge in [-0.1, -0.05) is 24.3 Å². The van der Waals surface area contributed by atoms with Crippen molar-refractivity contribution < 1.29 is 14.4 Å². The van der Waals surface area contributed by atoms with Gasteiger partial charge in [-0.15, -0.1) is 0 Å². The maximum atomic E-state index is 13.4. The predicted molar refractivity (Wildman–Crippen MR) is 156 cm³/mol. The molecule has 2 aromatic carbocycles. The van der Waals surface area contributed by atoms with E-state index >= 15 is 0 Å². The fourth-order valence-corrected chi connectivity index (χ4v) is 5.31. The minimum absolute atomic E-state index is 0.0937. The highest BCUT2D eigenvalue weighted by Gasteiger charge is 2.30. The fraction of sp³-hybridized carbons (Fsp3) is 0.355. The number of likely N-dealkylation sites (tertiary alicyclic amines) is 1. The molecule has 0 radical (unpaired) electrons. The minimum Gasteiger partial charge on any atom is -0.369 e. The third-order valence-corrected chi connectivity index (χ3v) is 7.75. The van der Waals surface area contributed by atoms with Crippen molar-refractivity contribution in [1.29, 1.82) is 0 Å². The molecule has 1 atom stereocenters. The van der Waals surface area contributed by atoms with Crippen molar-refractivity contribution in [1.82, 2.24) is 20.1 Å². The molecule has 5 rings (SSSR count). The number of rotatable bonds is 6. The van der Waals surface area contributed by atoms with E-state index in [-0.39, 0.29) is 23.6 Å². The molecule has 2 saturated heterocycles. The van der Waals surface area contributed by atoms with Gasteiger partial charge in [0.1, 0.15) is 5.69 Å². The molecule has 0 bridgehead atoms. The third-order valence-electron chi connectivity index (χ3n) is 7.75. The van der Waals surface area contributed by atoms with Crippen LogP contribution in [0.3, 0.4) is 0 Å². The number of amides is 3. The quantitative estimate of drug-likeness (QED) is 0.498. The Balaban J connectivity index is 1.22. The van der Waals surface area contributed by atoms with Gasteiger partial charge in [-0.25, -0.2) is 0 Å². The molecule has 208 valence electrons. The Kier molecular flexibility index (Phi) is 8.40. The van der Waals surface area contributed by atoms with Crippen molar-refractivity contribution in [3.8, 4) is 11.1 Å². The largest absolute Gasteiger partial charge is 0.369 e. The van der Waals surface area contributed by atoms with Gasteiger partial charge in [-0.3, -0.25) is 19.4 Å². The molecule has 40 heavy (non-hydrogen) atoms. The van der Waals surface area contributed by atoms with Gasteiger partial charge in [-0.05, 0) is 67.4 Å². The summed E-state index contributed by atoms with van der Waals surface area (Å²) in [5, 5.41) is 5.67. The molecule has 0 unspecified atom stereocenters. The zero-order chi connectivity index (χ0) is 28.1. The highest BCUT2D eigenvalue weighted by atomic mass is 16.2. The lowest BCUT2D eigenvalue weighted by Gasteiger charge is -2.34. The average molecular weight is 541 g/mol. The number of hydrogen-bond acceptors (Lipinski definition) is 6. The molecule has 2 aliphatic rings. The second-order valence-electron chi connectivity index (χ2n) is 10.5. The Bertz CT molecular complexity index is 1370. The van der Waals surface area contributed by atoms with Gasteiger partial charge in [0.25, 0.3) is 11.8 Å². The summed E-state index contributed by atoms with van der Waals surface area (Å²) in [6.07, 6.45) is 3.19. The highest BCUT2D eigenvalue weighted by Crippen LogP contribution is 2.26. The number of piperidine rings is 1. The predicted octanol–water partition coefficient (Wildman–Crippen LogP) is 3.35. The topological polar surface area (TPSA) is 97.9 Å². The summed E-state index contributed by atoms with van der Waals surface area (Å²) in [6.45, 7) is 4.80. The molecule has 2 N–H and O–H groups in total. The summed E-state index contributed by atoms with van der Waals surface area (Å²) in [7, 11) is 3.72. The molecule has 0 saturated carbocycles. The third kappa shape index (κ3) is 6.31. The Labute approximate surface area is 235 Å². The summed E-state index contributed by atoms with van der Waals surface area (Å²) in [6, 6.07) is 18.8. The van der Waals surface area contributed by atoms with E-state index in [1.165, 1.54) is 0 Å². The number of hydrogen-bond donors (Lipinski definition) is 2. The number of pyridine rings is 1. The number of likely N-dealkylation sites (N-methyl/N-ethyl adjacent to an activating group) is 1. The number of anilines is 2. The van der Waals surface area contributed by atoms with Crippen molar-refractivity contribution in [2.75, 3.05) is 63.6 Å². The van der Waals surface area contributed by atoms with Crippen LogP contribution in [0.4, 0.5) is 11.4 Å². The summed E-state index contributed by atoms with van der Waals surface area (Å²) in [5.74, 6) is -0.653. The second-order valence-corrected chi connectivity index (χ2v) is 10.5. The van der Waals surface area contributed by atoms with Crippen LogP contribution in [0.5, 0.6) is 0 Å². The SMILES string of the molecule is CNC(=O)c1ccc(-c2cccc(NC(=O)[C@H]3CCCN(C(=O)c4cc(N5CCN(C)CC5)ccn4)C3)c2)cc1. The van der Waals surface area contributed by atoms with E-state index in [0.29, 0.717) is 30.0 Å². The zero-order valence-electron chi connectivity index (χ0n) is 23.1. The molecular formula is C31H36N6O3. The van der Waals surface area contributed by atoms with Crippen LogP contribution in [0, 0.1) is 5.92 Å². The van der Waals surface area contributed by atoms with Gasteiger partial charge in [-0.2, -0.15) is 0 Å². The maximum Gasteiger partial charge on any atom is 0.272 e. The van der Waals surface area contributed by atoms with Gasteiger partial charge in [0.2, 0.25) is 5.91 Å². The van der Waals surface area contributed by atoms with Gasteiger partial charge >= 0.3 is 0 Å². The van der Waals surface area contributed by atoms with Crippen LogP contribution in [-0.4, -0.2) is 85.9 Å². The molecule has 9 nitrogen and oxygen atoms in total. The monoisotopic (exact) mass is 540 g/mol. The molecule has 0 spiro atoms. The molecule has 3 heterocycles. The first-order valence-electron chi connectivity index (χ1n) is 13.8. The number of carbonyl (C=O) groups is 3. The van der Waals surface area contributed by atoms with Crippen LogP contribution in [0.1, 0.15) is 33.7 Å². The highest BCUT2D eigenvalue weighted by molar-refractivity contribution is 5.96. The zero-order valence-corrected chi connectivity index (χ0v) is 23.1. The Morgan fingerprint density at radius 1 is 0.900 bits per heavy atom. The maximum absolute atomic E-state index is 13.4. The molecule has 3 amide bonds. The van der Waals surface area contributed by atoms with E-state index in [2.05, 4.69) is 32.5 Å². The van der Waals surface area contributed by atoms with Gasteiger partial charge in [0, 0.05) is 69.5 Å². The van der Waals surface area contributed by atoms with Crippen LogP contribution in [0.15, 0.2) is 66.9 Å². The van der Waals surface area contributed by atoms with Crippen molar-refractivity contribution >= 4 is 29.1 Å². The van der Waals surface area contributed by atoms with Crippen LogP contribution in [0.2, 0.25) is 0 Å². The number of benzene rings is 2. The van der Waals surface area contributed by atoms with Crippen molar-refractivity contribution in [3.63, 3.8) is 0 Å². The van der Waals surface area contributed by atoms with Crippen LogP contribution < -0.4 is 15.5 Å². The van der Waals surface area contributed by atoms with E-state index in [4.69, 9.17) is 0 Å². The van der Waals surface area contributed by atoms with E-state index < -0.39 is 0 Å². The van der Waals surface area contributed by atoms with E-state index in [9.17, 15) is 14.4 Å². The number of carbonyl (C=O) groups excluding carboxylic acids is 3. The number of nitrogens with zero attached hydrogens (tertiary/aromatic N) is 4. The molecular weight excluding hydrogens is 504 g/mol. The van der Waals surface area contributed by atoms with Crippen LogP contribution in [-0.2, 0) is 4.79 Å². The first-order valence-corrected chi connectivity index (χ1v) is 13.8. The van der Waals surface area contributed by atoms with E-state index in [0.717, 1.165) is 55.8 Å². The Morgan fingerprint density at radius 2 is 1.68 bits per heavy atom. The Hall–Kier alpha value is -4.24. The van der Waals surface area contributed by atoms with Gasteiger partial charge < -0.3 is 25.3 Å². The van der Waals surface area contributed by atoms with Crippen molar-refractivity contribution in [2.24, 2.45) is 5.92 Å². The average Bonchev–Trinajstić information content (AvgIpc) is 3.01. The number of piperazine rings is 1. The molecule has 0 aliphatic carbocycles. The smallest absolute Gasteiger partial charge is 0.272 e. The first-order chi connectivity index (χ1) is 19.4. The summed E-state index contributed by atoms with van der Waals surface area (Å²) < 4.78 is 0. The number of nitrogens with one attached hydrogen (secondary N) is 2. The van der Waals surface area contributed by atoms with Gasteiger partial charge in [0.05, 0.1) is 5.92 Å². The van der Waals surface area contributed by atoms with Crippen LogP contribution in [0.25, 0.3) is 11.1 Å². The van der Waals surface area contributed by atoms with Crippen molar-refractivity contribution in [3.05, 3.63) is 78.1 Å². The summed E-state index contributed by atoms with van der Waals surface area (Å²) in [4.78, 5) is 49.2. The lowest BCUT2D eigenvalue weighted by molar-refractivity contribution is -0.121. The molecule has 2 fully saturated rings. The standard InChI is InChI=1S/C31H36N6O3/c1-32-29(38)23-10-8-22(9-11-23)24-5-3-7-26(19-24)34-30(39)25-6-4-14-37(21-25)31(40)28-20-27(12-13-33-28)36-17-15-35(2)16-18-36/h3,5,7-13,19-20,25H,4,6,14-18,21H2,1-2H3,(H,32,38)(H,34,39)/t25-/m0/s1. The second kappa shape index (κ2) is 12.3. The molecule has 2 aliphatic heterocycles. The van der Waals surface area contributed by atoms with Crippen LogP contribution >= 0.6 is 0 Å². The first kappa shape index (κ1) is 27.3.